The number of fused-ring (bicyclic) bond motifs is 3. The summed E-state index contributed by atoms with van der Waals surface area (Å²) in [7, 11) is 0. The lowest BCUT2D eigenvalue weighted by molar-refractivity contribution is 0.660. The molecule has 34 heavy (non-hydrogen) atoms. The van der Waals surface area contributed by atoms with Crippen molar-refractivity contribution in [1.29, 1.82) is 0 Å². The largest absolute Gasteiger partial charge is 0.310 e. The van der Waals surface area contributed by atoms with Crippen LogP contribution in [0.5, 0.6) is 0 Å². The standard InChI is InChI=1S/C33H27N/c1-33(2)31-16-10-9-15-29(31)30-23-28(21-22-32(30)33)34(26-13-7-4-8-14-26)27-19-17-25(18-20-27)24-11-5-3-6-12-24/h3-23H,1-2H3. The Morgan fingerprint density at radius 3 is 1.71 bits per heavy atom. The lowest BCUT2D eigenvalue weighted by Crippen LogP contribution is -2.15. The average Bonchev–Trinajstić information content (AvgIpc) is 3.12. The van der Waals surface area contributed by atoms with E-state index < -0.39 is 0 Å². The maximum atomic E-state index is 2.36. The van der Waals surface area contributed by atoms with Crippen molar-refractivity contribution in [2.75, 3.05) is 4.90 Å². The number of hydrogen-bond donors (Lipinski definition) is 0. The summed E-state index contributed by atoms with van der Waals surface area (Å²) < 4.78 is 0. The summed E-state index contributed by atoms with van der Waals surface area (Å²) in [5, 5.41) is 0. The zero-order valence-electron chi connectivity index (χ0n) is 19.6. The minimum absolute atomic E-state index is 0.0133. The van der Waals surface area contributed by atoms with Gasteiger partial charge in [0.15, 0.2) is 0 Å². The first-order valence-electron chi connectivity index (χ1n) is 11.9. The molecule has 0 amide bonds. The van der Waals surface area contributed by atoms with Crippen LogP contribution < -0.4 is 4.90 Å². The SMILES string of the molecule is CC1(C)c2ccccc2-c2cc(N(c3ccccc3)c3ccc(-c4ccccc4)cc3)ccc21. The van der Waals surface area contributed by atoms with Gasteiger partial charge in [-0.3, -0.25) is 0 Å². The molecule has 0 unspecified atom stereocenters. The second kappa shape index (κ2) is 8.04. The van der Waals surface area contributed by atoms with E-state index in [1.165, 1.54) is 39.1 Å². The van der Waals surface area contributed by atoms with Crippen LogP contribution in [0.1, 0.15) is 25.0 Å². The highest BCUT2D eigenvalue weighted by molar-refractivity contribution is 5.86. The van der Waals surface area contributed by atoms with Crippen molar-refractivity contribution in [2.45, 2.75) is 19.3 Å². The summed E-state index contributed by atoms with van der Waals surface area (Å²) in [6.45, 7) is 4.66. The molecule has 0 bridgehead atoms. The predicted molar refractivity (Wildman–Crippen MR) is 144 cm³/mol. The van der Waals surface area contributed by atoms with Gasteiger partial charge in [-0.05, 0) is 69.8 Å². The van der Waals surface area contributed by atoms with Crippen LogP contribution in [-0.4, -0.2) is 0 Å². The van der Waals surface area contributed by atoms with E-state index in [0.29, 0.717) is 0 Å². The molecule has 164 valence electrons. The summed E-state index contributed by atoms with van der Waals surface area (Å²) in [6.07, 6.45) is 0. The zero-order valence-corrected chi connectivity index (χ0v) is 19.6. The van der Waals surface area contributed by atoms with Crippen LogP contribution in [-0.2, 0) is 5.41 Å². The molecule has 5 aromatic rings. The molecule has 1 aliphatic rings. The summed E-state index contributed by atoms with van der Waals surface area (Å²) in [6, 6.07) is 45.8. The van der Waals surface area contributed by atoms with Gasteiger partial charge in [0.1, 0.15) is 0 Å². The second-order valence-electron chi connectivity index (χ2n) is 9.48. The topological polar surface area (TPSA) is 3.24 Å². The Morgan fingerprint density at radius 2 is 0.971 bits per heavy atom. The van der Waals surface area contributed by atoms with E-state index in [4.69, 9.17) is 0 Å². The van der Waals surface area contributed by atoms with Crippen molar-refractivity contribution < 1.29 is 0 Å². The van der Waals surface area contributed by atoms with Crippen LogP contribution in [0, 0.1) is 0 Å². The number of hydrogen-bond acceptors (Lipinski definition) is 1. The zero-order chi connectivity index (χ0) is 23.1. The van der Waals surface area contributed by atoms with Gasteiger partial charge in [0.25, 0.3) is 0 Å². The van der Waals surface area contributed by atoms with Crippen molar-refractivity contribution in [1.82, 2.24) is 0 Å². The Morgan fingerprint density at radius 1 is 0.441 bits per heavy atom. The minimum atomic E-state index is 0.0133. The Balaban J connectivity index is 1.48. The molecule has 0 aromatic heterocycles. The van der Waals surface area contributed by atoms with Crippen molar-refractivity contribution in [2.24, 2.45) is 0 Å². The van der Waals surface area contributed by atoms with E-state index in [9.17, 15) is 0 Å². The molecule has 1 nitrogen and oxygen atoms in total. The van der Waals surface area contributed by atoms with Crippen LogP contribution in [0.3, 0.4) is 0 Å². The molecule has 0 heterocycles. The average molecular weight is 438 g/mol. The maximum Gasteiger partial charge on any atom is 0.0468 e. The molecule has 0 saturated carbocycles. The van der Waals surface area contributed by atoms with E-state index in [-0.39, 0.29) is 5.41 Å². The van der Waals surface area contributed by atoms with Gasteiger partial charge in [0, 0.05) is 22.5 Å². The number of nitrogens with zero attached hydrogens (tertiary/aromatic N) is 1. The van der Waals surface area contributed by atoms with Crippen LogP contribution in [0.15, 0.2) is 127 Å². The van der Waals surface area contributed by atoms with Gasteiger partial charge in [-0.1, -0.05) is 105 Å². The molecule has 6 rings (SSSR count). The van der Waals surface area contributed by atoms with Crippen LogP contribution in [0.2, 0.25) is 0 Å². The Hall–Kier alpha value is -4.10. The first-order valence-corrected chi connectivity index (χ1v) is 11.9. The Kier molecular flexibility index (Phi) is 4.85. The summed E-state index contributed by atoms with van der Waals surface area (Å²) >= 11 is 0. The van der Waals surface area contributed by atoms with E-state index in [0.717, 1.165) is 11.4 Å². The minimum Gasteiger partial charge on any atom is -0.310 e. The van der Waals surface area contributed by atoms with Gasteiger partial charge < -0.3 is 4.90 Å². The van der Waals surface area contributed by atoms with Crippen LogP contribution in [0.25, 0.3) is 22.3 Å². The van der Waals surface area contributed by atoms with Crippen LogP contribution in [0.4, 0.5) is 17.1 Å². The molecule has 0 aliphatic heterocycles. The number of rotatable bonds is 4. The van der Waals surface area contributed by atoms with E-state index in [1.807, 2.05) is 0 Å². The van der Waals surface area contributed by atoms with Crippen molar-refractivity contribution >= 4 is 17.1 Å². The first-order chi connectivity index (χ1) is 16.6. The second-order valence-corrected chi connectivity index (χ2v) is 9.48. The normalized spacial score (nSPS) is 13.2. The quantitative estimate of drug-likeness (QED) is 0.271. The highest BCUT2D eigenvalue weighted by atomic mass is 15.1. The van der Waals surface area contributed by atoms with E-state index in [1.54, 1.807) is 0 Å². The molecule has 0 radical (unpaired) electrons. The number of para-hydroxylation sites is 1. The Labute approximate surface area is 202 Å². The Bertz CT molecular complexity index is 1450. The first kappa shape index (κ1) is 20.5. The van der Waals surface area contributed by atoms with E-state index in [2.05, 4.69) is 146 Å². The molecule has 5 aromatic carbocycles. The van der Waals surface area contributed by atoms with Gasteiger partial charge in [-0.15, -0.1) is 0 Å². The highest BCUT2D eigenvalue weighted by Gasteiger charge is 2.35. The van der Waals surface area contributed by atoms with Crippen LogP contribution >= 0.6 is 0 Å². The van der Waals surface area contributed by atoms with Gasteiger partial charge in [0.2, 0.25) is 0 Å². The van der Waals surface area contributed by atoms with Crippen molar-refractivity contribution in [3.05, 3.63) is 139 Å². The molecule has 1 heteroatoms. The third kappa shape index (κ3) is 3.33. The number of benzene rings is 5. The molecule has 0 N–H and O–H groups in total. The number of anilines is 3. The smallest absolute Gasteiger partial charge is 0.0468 e. The van der Waals surface area contributed by atoms with Crippen molar-refractivity contribution in [3.8, 4) is 22.3 Å². The molecule has 0 fully saturated rings. The highest BCUT2D eigenvalue weighted by Crippen LogP contribution is 2.50. The fraction of sp³-hybridized carbons (Fsp3) is 0.0909. The molecule has 0 spiro atoms. The summed E-state index contributed by atoms with van der Waals surface area (Å²) in [5.41, 5.74) is 11.4. The molecule has 0 atom stereocenters. The van der Waals surface area contributed by atoms with Gasteiger partial charge in [0.05, 0.1) is 0 Å². The van der Waals surface area contributed by atoms with Gasteiger partial charge in [-0.2, -0.15) is 0 Å². The van der Waals surface area contributed by atoms with Gasteiger partial charge in [-0.25, -0.2) is 0 Å². The molecular weight excluding hydrogens is 410 g/mol. The molecular formula is C33H27N. The third-order valence-electron chi connectivity index (χ3n) is 7.07. The predicted octanol–water partition coefficient (Wildman–Crippen LogP) is 9.13. The monoisotopic (exact) mass is 437 g/mol. The van der Waals surface area contributed by atoms with E-state index >= 15 is 0 Å². The third-order valence-corrected chi connectivity index (χ3v) is 7.07. The maximum absolute atomic E-state index is 2.36. The molecule has 0 saturated heterocycles. The summed E-state index contributed by atoms with van der Waals surface area (Å²) in [4.78, 5) is 2.35. The lowest BCUT2D eigenvalue weighted by atomic mass is 9.82. The van der Waals surface area contributed by atoms with Gasteiger partial charge >= 0.3 is 0 Å². The molecule has 1 aliphatic carbocycles. The summed E-state index contributed by atoms with van der Waals surface area (Å²) in [5.74, 6) is 0. The van der Waals surface area contributed by atoms with Crippen molar-refractivity contribution in [3.63, 3.8) is 0 Å². The fourth-order valence-corrected chi connectivity index (χ4v) is 5.31. The lowest BCUT2D eigenvalue weighted by Gasteiger charge is -2.27. The fourth-order valence-electron chi connectivity index (χ4n) is 5.31.